The largest absolute Gasteiger partial charge is 0.310 e. The van der Waals surface area contributed by atoms with Crippen LogP contribution in [0.2, 0.25) is 0 Å². The molecule has 14 heavy (non-hydrogen) atoms. The molecular formula is C9H17ClN4. The summed E-state index contributed by atoms with van der Waals surface area (Å²) in [6.07, 6.45) is 3.78. The molecule has 0 atom stereocenters. The molecule has 0 aliphatic carbocycles. The summed E-state index contributed by atoms with van der Waals surface area (Å²) < 4.78 is 1.90. The second-order valence-electron chi connectivity index (χ2n) is 3.06. The molecule has 0 saturated carbocycles. The molecule has 0 amide bonds. The van der Waals surface area contributed by atoms with Gasteiger partial charge in [0.2, 0.25) is 0 Å². The minimum Gasteiger partial charge on any atom is -0.310 e. The number of hydrogen-bond acceptors (Lipinski definition) is 3. The van der Waals surface area contributed by atoms with Gasteiger partial charge in [-0.05, 0) is 26.3 Å². The van der Waals surface area contributed by atoms with Crippen molar-refractivity contribution in [2.24, 2.45) is 0 Å². The Morgan fingerprint density at radius 3 is 3.07 bits per heavy atom. The van der Waals surface area contributed by atoms with Crippen LogP contribution in [0.1, 0.15) is 25.6 Å². The Morgan fingerprint density at radius 1 is 1.50 bits per heavy atom. The maximum absolute atomic E-state index is 5.57. The Labute approximate surface area is 89.7 Å². The van der Waals surface area contributed by atoms with E-state index in [-0.39, 0.29) is 0 Å². The molecule has 0 spiro atoms. The lowest BCUT2D eigenvalue weighted by atomic mass is 10.3. The number of nitrogens with one attached hydrogen (secondary N) is 1. The fourth-order valence-corrected chi connectivity index (χ4v) is 1.42. The van der Waals surface area contributed by atoms with Crippen LogP contribution in [0.15, 0.2) is 6.33 Å². The van der Waals surface area contributed by atoms with Crippen LogP contribution in [0.25, 0.3) is 0 Å². The van der Waals surface area contributed by atoms with E-state index in [0.717, 1.165) is 44.2 Å². The number of nitrogens with zero attached hydrogens (tertiary/aromatic N) is 3. The highest BCUT2D eigenvalue weighted by atomic mass is 35.5. The molecule has 1 heterocycles. The van der Waals surface area contributed by atoms with E-state index in [9.17, 15) is 0 Å². The van der Waals surface area contributed by atoms with Crippen molar-refractivity contribution in [3.05, 3.63) is 12.2 Å². The van der Waals surface area contributed by atoms with Gasteiger partial charge in [0.05, 0.1) is 6.54 Å². The second-order valence-corrected chi connectivity index (χ2v) is 3.44. The van der Waals surface area contributed by atoms with Crippen molar-refractivity contribution in [2.45, 2.75) is 32.9 Å². The molecule has 0 fully saturated rings. The van der Waals surface area contributed by atoms with Crippen LogP contribution in [-0.2, 0) is 13.1 Å². The summed E-state index contributed by atoms with van der Waals surface area (Å²) in [5.74, 6) is 1.74. The van der Waals surface area contributed by atoms with Gasteiger partial charge in [-0.3, -0.25) is 0 Å². The Kier molecular flexibility index (Phi) is 5.56. The van der Waals surface area contributed by atoms with E-state index in [1.807, 2.05) is 4.68 Å². The van der Waals surface area contributed by atoms with Gasteiger partial charge >= 0.3 is 0 Å². The topological polar surface area (TPSA) is 42.7 Å². The van der Waals surface area contributed by atoms with E-state index >= 15 is 0 Å². The van der Waals surface area contributed by atoms with Crippen molar-refractivity contribution >= 4 is 11.6 Å². The standard InChI is InChI=1S/C9H17ClN4/c1-2-14-9(12-8-13-14)7-11-6-4-3-5-10/h8,11H,2-7H2,1H3. The van der Waals surface area contributed by atoms with Crippen LogP contribution < -0.4 is 5.32 Å². The second kappa shape index (κ2) is 6.79. The summed E-state index contributed by atoms with van der Waals surface area (Å²) >= 11 is 5.57. The zero-order valence-corrected chi connectivity index (χ0v) is 9.30. The molecule has 5 heteroatoms. The lowest BCUT2D eigenvalue weighted by Gasteiger charge is -2.04. The summed E-state index contributed by atoms with van der Waals surface area (Å²) in [6.45, 7) is 4.71. The van der Waals surface area contributed by atoms with Crippen LogP contribution in [0.5, 0.6) is 0 Å². The van der Waals surface area contributed by atoms with Gasteiger partial charge < -0.3 is 5.32 Å². The number of unbranched alkanes of at least 4 members (excludes halogenated alkanes) is 1. The lowest BCUT2D eigenvalue weighted by Crippen LogP contribution is -2.18. The molecule has 0 aromatic carbocycles. The first kappa shape index (κ1) is 11.5. The Hall–Kier alpha value is -0.610. The minimum atomic E-state index is 0.743. The first-order chi connectivity index (χ1) is 6.88. The van der Waals surface area contributed by atoms with Crippen LogP contribution >= 0.6 is 11.6 Å². The highest BCUT2D eigenvalue weighted by Crippen LogP contribution is 1.94. The molecule has 4 nitrogen and oxygen atoms in total. The van der Waals surface area contributed by atoms with Gasteiger partial charge in [0.15, 0.2) is 0 Å². The van der Waals surface area contributed by atoms with E-state index in [4.69, 9.17) is 11.6 Å². The molecule has 1 aromatic rings. The number of rotatable bonds is 7. The average Bonchev–Trinajstić information content (AvgIpc) is 2.65. The van der Waals surface area contributed by atoms with Crippen molar-refractivity contribution in [3.8, 4) is 0 Å². The minimum absolute atomic E-state index is 0.743. The summed E-state index contributed by atoms with van der Waals surface area (Å²) in [5.41, 5.74) is 0. The lowest BCUT2D eigenvalue weighted by molar-refractivity contribution is 0.563. The maximum Gasteiger partial charge on any atom is 0.140 e. The van der Waals surface area contributed by atoms with Crippen molar-refractivity contribution in [1.82, 2.24) is 20.1 Å². The van der Waals surface area contributed by atoms with E-state index in [2.05, 4.69) is 22.3 Å². The van der Waals surface area contributed by atoms with Crippen LogP contribution in [-0.4, -0.2) is 27.2 Å². The summed E-state index contributed by atoms with van der Waals surface area (Å²) in [6, 6.07) is 0. The predicted octanol–water partition coefficient (Wildman–Crippen LogP) is 1.41. The summed E-state index contributed by atoms with van der Waals surface area (Å²) in [5, 5.41) is 7.41. The highest BCUT2D eigenvalue weighted by molar-refractivity contribution is 6.17. The number of halogens is 1. The van der Waals surface area contributed by atoms with E-state index in [1.165, 1.54) is 0 Å². The third kappa shape index (κ3) is 3.64. The fourth-order valence-electron chi connectivity index (χ4n) is 1.23. The maximum atomic E-state index is 5.57. The van der Waals surface area contributed by atoms with Gasteiger partial charge in [0.1, 0.15) is 12.2 Å². The highest BCUT2D eigenvalue weighted by Gasteiger charge is 2.00. The molecule has 0 aliphatic heterocycles. The van der Waals surface area contributed by atoms with E-state index in [0.29, 0.717) is 0 Å². The Balaban J connectivity index is 2.17. The number of alkyl halides is 1. The predicted molar refractivity (Wildman–Crippen MR) is 57.4 cm³/mol. The normalized spacial score (nSPS) is 10.7. The molecular weight excluding hydrogens is 200 g/mol. The molecule has 0 bridgehead atoms. The van der Waals surface area contributed by atoms with E-state index in [1.54, 1.807) is 6.33 Å². The first-order valence-electron chi connectivity index (χ1n) is 5.01. The molecule has 1 N–H and O–H groups in total. The Morgan fingerprint density at radius 2 is 2.36 bits per heavy atom. The molecule has 1 aromatic heterocycles. The van der Waals surface area contributed by atoms with Crippen molar-refractivity contribution < 1.29 is 0 Å². The number of hydrogen-bond donors (Lipinski definition) is 1. The van der Waals surface area contributed by atoms with Crippen molar-refractivity contribution in [1.29, 1.82) is 0 Å². The molecule has 1 rings (SSSR count). The monoisotopic (exact) mass is 216 g/mol. The summed E-state index contributed by atoms with van der Waals surface area (Å²) in [4.78, 5) is 4.17. The molecule has 80 valence electrons. The molecule has 0 saturated heterocycles. The average molecular weight is 217 g/mol. The third-order valence-corrected chi connectivity index (χ3v) is 2.28. The first-order valence-corrected chi connectivity index (χ1v) is 5.55. The molecule has 0 unspecified atom stereocenters. The molecule has 0 aliphatic rings. The fraction of sp³-hybridized carbons (Fsp3) is 0.778. The zero-order chi connectivity index (χ0) is 10.2. The Bertz CT molecular complexity index is 249. The summed E-state index contributed by atoms with van der Waals surface area (Å²) in [7, 11) is 0. The molecule has 0 radical (unpaired) electrons. The smallest absolute Gasteiger partial charge is 0.140 e. The van der Waals surface area contributed by atoms with Crippen molar-refractivity contribution in [2.75, 3.05) is 12.4 Å². The van der Waals surface area contributed by atoms with Gasteiger partial charge in [0, 0.05) is 12.4 Å². The van der Waals surface area contributed by atoms with E-state index < -0.39 is 0 Å². The number of aryl methyl sites for hydroxylation is 1. The van der Waals surface area contributed by atoms with Gasteiger partial charge in [-0.1, -0.05) is 0 Å². The van der Waals surface area contributed by atoms with Crippen LogP contribution in [0.4, 0.5) is 0 Å². The van der Waals surface area contributed by atoms with Gasteiger partial charge in [-0.2, -0.15) is 5.10 Å². The third-order valence-electron chi connectivity index (χ3n) is 2.02. The SMILES string of the molecule is CCn1ncnc1CNCCCCCl. The quantitative estimate of drug-likeness (QED) is 0.554. The zero-order valence-electron chi connectivity index (χ0n) is 8.54. The van der Waals surface area contributed by atoms with Gasteiger partial charge in [0.25, 0.3) is 0 Å². The van der Waals surface area contributed by atoms with Gasteiger partial charge in [-0.15, -0.1) is 11.6 Å². The van der Waals surface area contributed by atoms with Crippen molar-refractivity contribution in [3.63, 3.8) is 0 Å². The number of aromatic nitrogens is 3. The van der Waals surface area contributed by atoms with Gasteiger partial charge in [-0.25, -0.2) is 9.67 Å². The van der Waals surface area contributed by atoms with Crippen LogP contribution in [0.3, 0.4) is 0 Å². The van der Waals surface area contributed by atoms with Crippen LogP contribution in [0, 0.1) is 0 Å².